The lowest BCUT2D eigenvalue weighted by atomic mass is 9.84. The van der Waals surface area contributed by atoms with Crippen LogP contribution in [0.25, 0.3) is 0 Å². The van der Waals surface area contributed by atoms with Crippen molar-refractivity contribution in [2.45, 2.75) is 40.0 Å². The van der Waals surface area contributed by atoms with E-state index in [-0.39, 0.29) is 11.3 Å². The van der Waals surface area contributed by atoms with Gasteiger partial charge in [-0.2, -0.15) is 0 Å². The van der Waals surface area contributed by atoms with Crippen LogP contribution in [0.5, 0.6) is 0 Å². The molecule has 0 bridgehead atoms. The molecule has 1 rings (SSSR count). The minimum Gasteiger partial charge on any atom is -0.330 e. The number of hydrogen-bond donors (Lipinski definition) is 2. The summed E-state index contributed by atoms with van der Waals surface area (Å²) in [5, 5.41) is 3.60. The van der Waals surface area contributed by atoms with Crippen LogP contribution in [-0.4, -0.2) is 12.5 Å². The summed E-state index contributed by atoms with van der Waals surface area (Å²) in [6.45, 7) is 6.87. The van der Waals surface area contributed by atoms with E-state index in [2.05, 4.69) is 19.2 Å². The second-order valence-corrected chi connectivity index (χ2v) is 6.15. The Labute approximate surface area is 120 Å². The van der Waals surface area contributed by atoms with Crippen LogP contribution in [0.3, 0.4) is 0 Å². The Kier molecular flexibility index (Phi) is 5.83. The predicted molar refractivity (Wildman–Crippen MR) is 81.5 cm³/mol. The van der Waals surface area contributed by atoms with Crippen molar-refractivity contribution in [2.24, 2.45) is 11.1 Å². The third-order valence-corrected chi connectivity index (χ3v) is 3.55. The predicted octanol–water partition coefficient (Wildman–Crippen LogP) is 3.74. The molecule has 0 atom stereocenters. The average molecular weight is 283 g/mol. The molecule has 0 heterocycles. The quantitative estimate of drug-likeness (QED) is 0.835. The first-order chi connectivity index (χ1) is 8.84. The van der Waals surface area contributed by atoms with Gasteiger partial charge in [0.1, 0.15) is 0 Å². The molecule has 0 saturated heterocycles. The maximum Gasteiger partial charge on any atom is 0.224 e. The van der Waals surface area contributed by atoms with Gasteiger partial charge in [-0.05, 0) is 55.5 Å². The maximum atomic E-state index is 11.9. The topological polar surface area (TPSA) is 55.1 Å². The van der Waals surface area contributed by atoms with E-state index in [1.165, 1.54) is 0 Å². The number of aryl methyl sites for hydroxylation is 1. The lowest BCUT2D eigenvalue weighted by Gasteiger charge is -2.23. The molecular formula is C15H23ClN2O. The molecule has 0 saturated carbocycles. The first-order valence-electron chi connectivity index (χ1n) is 6.60. The lowest BCUT2D eigenvalue weighted by molar-refractivity contribution is -0.116. The molecule has 1 aromatic carbocycles. The summed E-state index contributed by atoms with van der Waals surface area (Å²) >= 11 is 5.88. The van der Waals surface area contributed by atoms with Crippen LogP contribution in [0.2, 0.25) is 5.02 Å². The van der Waals surface area contributed by atoms with Gasteiger partial charge in [-0.25, -0.2) is 0 Å². The fraction of sp³-hybridized carbons (Fsp3) is 0.533. The molecule has 0 aliphatic carbocycles. The highest BCUT2D eigenvalue weighted by Crippen LogP contribution is 2.26. The summed E-state index contributed by atoms with van der Waals surface area (Å²) in [5.41, 5.74) is 7.48. The second kappa shape index (κ2) is 6.92. The summed E-state index contributed by atoms with van der Waals surface area (Å²) in [4.78, 5) is 11.9. The van der Waals surface area contributed by atoms with Crippen LogP contribution in [0, 0.1) is 12.3 Å². The van der Waals surface area contributed by atoms with Gasteiger partial charge in [-0.1, -0.05) is 25.4 Å². The Morgan fingerprint density at radius 1 is 1.37 bits per heavy atom. The van der Waals surface area contributed by atoms with E-state index < -0.39 is 0 Å². The van der Waals surface area contributed by atoms with Crippen molar-refractivity contribution < 1.29 is 4.79 Å². The molecule has 0 aliphatic heterocycles. The fourth-order valence-electron chi connectivity index (χ4n) is 1.95. The molecule has 1 aromatic rings. The summed E-state index contributed by atoms with van der Waals surface area (Å²) in [7, 11) is 0. The molecule has 0 radical (unpaired) electrons. The Morgan fingerprint density at radius 2 is 2.05 bits per heavy atom. The summed E-state index contributed by atoms with van der Waals surface area (Å²) < 4.78 is 0. The van der Waals surface area contributed by atoms with E-state index in [1.807, 2.05) is 19.1 Å². The molecule has 4 heteroatoms. The molecule has 0 spiro atoms. The van der Waals surface area contributed by atoms with Crippen molar-refractivity contribution in [3.05, 3.63) is 28.8 Å². The number of amides is 1. The van der Waals surface area contributed by atoms with Crippen LogP contribution in [0.1, 0.15) is 38.7 Å². The highest BCUT2D eigenvalue weighted by atomic mass is 35.5. The molecule has 19 heavy (non-hydrogen) atoms. The SMILES string of the molecule is Cc1cc(Cl)ccc1NC(=O)CCC(C)(C)CCN. The standard InChI is InChI=1S/C15H23ClN2O/c1-11-10-12(16)4-5-13(11)18-14(19)6-7-15(2,3)8-9-17/h4-5,10H,6-9,17H2,1-3H3,(H,18,19). The number of nitrogens with two attached hydrogens (primary N) is 1. The average Bonchev–Trinajstić information content (AvgIpc) is 2.30. The van der Waals surface area contributed by atoms with Crippen molar-refractivity contribution in [1.82, 2.24) is 0 Å². The smallest absolute Gasteiger partial charge is 0.224 e. The molecule has 1 amide bonds. The number of carbonyl (C=O) groups is 1. The molecule has 0 fully saturated rings. The maximum absolute atomic E-state index is 11.9. The number of halogens is 1. The number of nitrogens with one attached hydrogen (secondary N) is 1. The van der Waals surface area contributed by atoms with Crippen LogP contribution in [-0.2, 0) is 4.79 Å². The molecule has 0 aliphatic rings. The number of anilines is 1. The summed E-state index contributed by atoms with van der Waals surface area (Å²) in [6, 6.07) is 5.46. The van der Waals surface area contributed by atoms with Gasteiger partial charge in [0.2, 0.25) is 5.91 Å². The second-order valence-electron chi connectivity index (χ2n) is 5.71. The van der Waals surface area contributed by atoms with Crippen LogP contribution >= 0.6 is 11.6 Å². The largest absolute Gasteiger partial charge is 0.330 e. The molecule has 0 unspecified atom stereocenters. The summed E-state index contributed by atoms with van der Waals surface area (Å²) in [5.74, 6) is 0.0375. The first-order valence-corrected chi connectivity index (χ1v) is 6.98. The van der Waals surface area contributed by atoms with Gasteiger partial charge < -0.3 is 11.1 Å². The third kappa shape index (κ3) is 5.62. The van der Waals surface area contributed by atoms with Gasteiger partial charge in [0.25, 0.3) is 0 Å². The monoisotopic (exact) mass is 282 g/mol. The zero-order valence-corrected chi connectivity index (χ0v) is 12.7. The van der Waals surface area contributed by atoms with Crippen molar-refractivity contribution in [1.29, 1.82) is 0 Å². The Hall–Kier alpha value is -1.06. The van der Waals surface area contributed by atoms with Crippen LogP contribution in [0.15, 0.2) is 18.2 Å². The molecule has 106 valence electrons. The van der Waals surface area contributed by atoms with Gasteiger partial charge in [0.15, 0.2) is 0 Å². The highest BCUT2D eigenvalue weighted by molar-refractivity contribution is 6.30. The molecule has 3 nitrogen and oxygen atoms in total. The normalized spacial score (nSPS) is 11.4. The van der Waals surface area contributed by atoms with Crippen molar-refractivity contribution in [3.8, 4) is 0 Å². The third-order valence-electron chi connectivity index (χ3n) is 3.31. The van der Waals surface area contributed by atoms with E-state index in [0.717, 1.165) is 24.1 Å². The van der Waals surface area contributed by atoms with Gasteiger partial charge in [0.05, 0.1) is 0 Å². The van der Waals surface area contributed by atoms with Crippen LogP contribution in [0.4, 0.5) is 5.69 Å². The van der Waals surface area contributed by atoms with Gasteiger partial charge >= 0.3 is 0 Å². The molecular weight excluding hydrogens is 260 g/mol. The van der Waals surface area contributed by atoms with E-state index in [0.29, 0.717) is 18.0 Å². The Morgan fingerprint density at radius 3 is 2.63 bits per heavy atom. The van der Waals surface area contributed by atoms with Gasteiger partial charge in [-0.3, -0.25) is 4.79 Å². The van der Waals surface area contributed by atoms with Crippen molar-refractivity contribution >= 4 is 23.2 Å². The zero-order chi connectivity index (χ0) is 14.5. The first kappa shape index (κ1) is 16.0. The van der Waals surface area contributed by atoms with E-state index in [9.17, 15) is 4.79 Å². The zero-order valence-electron chi connectivity index (χ0n) is 11.9. The number of carbonyl (C=O) groups excluding carboxylic acids is 1. The highest BCUT2D eigenvalue weighted by Gasteiger charge is 2.18. The van der Waals surface area contributed by atoms with Crippen molar-refractivity contribution in [3.63, 3.8) is 0 Å². The number of hydrogen-bond acceptors (Lipinski definition) is 2. The Balaban J connectivity index is 2.52. The molecule has 3 N–H and O–H groups in total. The van der Waals surface area contributed by atoms with E-state index in [4.69, 9.17) is 17.3 Å². The van der Waals surface area contributed by atoms with Gasteiger partial charge in [0, 0.05) is 17.1 Å². The number of benzene rings is 1. The fourth-order valence-corrected chi connectivity index (χ4v) is 2.17. The van der Waals surface area contributed by atoms with Crippen molar-refractivity contribution in [2.75, 3.05) is 11.9 Å². The molecule has 0 aromatic heterocycles. The number of rotatable bonds is 6. The van der Waals surface area contributed by atoms with Gasteiger partial charge in [-0.15, -0.1) is 0 Å². The van der Waals surface area contributed by atoms with E-state index >= 15 is 0 Å². The minimum absolute atomic E-state index is 0.0375. The minimum atomic E-state index is 0.0375. The summed E-state index contributed by atoms with van der Waals surface area (Å²) in [6.07, 6.45) is 2.28. The Bertz CT molecular complexity index is 444. The van der Waals surface area contributed by atoms with Crippen LogP contribution < -0.4 is 11.1 Å². The lowest BCUT2D eigenvalue weighted by Crippen LogP contribution is -2.20. The van der Waals surface area contributed by atoms with E-state index in [1.54, 1.807) is 6.07 Å².